The molecule has 0 rings (SSSR count). The van der Waals surface area contributed by atoms with Crippen LogP contribution in [0.25, 0.3) is 0 Å². The summed E-state index contributed by atoms with van der Waals surface area (Å²) >= 11 is 4.06. The maximum Gasteiger partial charge on any atom is 0.0703 e. The minimum atomic E-state index is -0.0796. The second-order valence-corrected chi connectivity index (χ2v) is 3.56. The molecule has 0 radical (unpaired) electrons. The first-order valence-corrected chi connectivity index (χ1v) is 4.66. The zero-order chi connectivity index (χ0) is 9.40. The van der Waals surface area contributed by atoms with Crippen LogP contribution in [0.1, 0.15) is 13.8 Å². The molecule has 0 bridgehead atoms. The Labute approximate surface area is 79.5 Å². The van der Waals surface area contributed by atoms with Crippen LogP contribution < -0.4 is 0 Å². The average molecular weight is 194 g/mol. The lowest BCUT2D eigenvalue weighted by molar-refractivity contribution is 0.0178. The highest BCUT2D eigenvalue weighted by molar-refractivity contribution is 7.81. The van der Waals surface area contributed by atoms with Crippen molar-refractivity contribution in [2.75, 3.05) is 26.4 Å². The summed E-state index contributed by atoms with van der Waals surface area (Å²) in [4.78, 5) is 0. The van der Waals surface area contributed by atoms with E-state index >= 15 is 0 Å². The van der Waals surface area contributed by atoms with E-state index < -0.39 is 0 Å². The molecule has 0 heterocycles. The van der Waals surface area contributed by atoms with Crippen molar-refractivity contribution in [3.05, 3.63) is 0 Å². The van der Waals surface area contributed by atoms with E-state index in [0.717, 1.165) is 0 Å². The van der Waals surface area contributed by atoms with Crippen LogP contribution in [0.5, 0.6) is 0 Å². The van der Waals surface area contributed by atoms with Crippen LogP contribution in [-0.4, -0.2) is 42.9 Å². The first kappa shape index (κ1) is 12.2. The van der Waals surface area contributed by atoms with Gasteiger partial charge in [0.2, 0.25) is 0 Å². The molecule has 0 aliphatic heterocycles. The smallest absolute Gasteiger partial charge is 0.0703 e. The van der Waals surface area contributed by atoms with Gasteiger partial charge < -0.3 is 14.6 Å². The largest absolute Gasteiger partial charge is 0.395 e. The average Bonchev–Trinajstić information content (AvgIpc) is 2.03. The lowest BCUT2D eigenvalue weighted by Gasteiger charge is -2.10. The second kappa shape index (κ2) is 7.86. The van der Waals surface area contributed by atoms with Crippen molar-refractivity contribution < 1.29 is 14.6 Å². The fourth-order valence-corrected chi connectivity index (χ4v) is 0.720. The Kier molecular flexibility index (Phi) is 8.01. The van der Waals surface area contributed by atoms with Crippen LogP contribution in [0, 0.1) is 0 Å². The molecule has 4 heteroatoms. The molecule has 0 spiro atoms. The van der Waals surface area contributed by atoms with E-state index in [2.05, 4.69) is 12.6 Å². The molecule has 1 unspecified atom stereocenters. The summed E-state index contributed by atoms with van der Waals surface area (Å²) in [6.45, 7) is 5.65. The molecule has 0 aromatic carbocycles. The van der Waals surface area contributed by atoms with Gasteiger partial charge in [-0.15, -0.1) is 0 Å². The van der Waals surface area contributed by atoms with Gasteiger partial charge in [-0.3, -0.25) is 0 Å². The van der Waals surface area contributed by atoms with Crippen LogP contribution in [0.3, 0.4) is 0 Å². The Morgan fingerprint density at radius 2 is 2.00 bits per heavy atom. The highest BCUT2D eigenvalue weighted by Crippen LogP contribution is 1.94. The van der Waals surface area contributed by atoms with Crippen LogP contribution >= 0.6 is 12.6 Å². The summed E-state index contributed by atoms with van der Waals surface area (Å²) in [5, 5.41) is 8.51. The van der Waals surface area contributed by atoms with Gasteiger partial charge in [-0.25, -0.2) is 0 Å². The highest BCUT2D eigenvalue weighted by Gasteiger charge is 2.00. The zero-order valence-electron chi connectivity index (χ0n) is 7.69. The molecule has 0 aromatic heterocycles. The van der Waals surface area contributed by atoms with Crippen molar-refractivity contribution in [1.29, 1.82) is 0 Å². The van der Waals surface area contributed by atoms with Crippen molar-refractivity contribution in [1.82, 2.24) is 0 Å². The van der Waals surface area contributed by atoms with E-state index in [0.29, 0.717) is 19.8 Å². The van der Waals surface area contributed by atoms with E-state index in [1.807, 2.05) is 13.8 Å². The maximum absolute atomic E-state index is 8.59. The third kappa shape index (κ3) is 8.33. The Morgan fingerprint density at radius 3 is 2.50 bits per heavy atom. The van der Waals surface area contributed by atoms with Crippen LogP contribution in [0.4, 0.5) is 0 Å². The molecule has 0 amide bonds. The van der Waals surface area contributed by atoms with Crippen LogP contribution in [0.2, 0.25) is 0 Å². The van der Waals surface area contributed by atoms with Gasteiger partial charge in [0, 0.05) is 5.25 Å². The summed E-state index contributed by atoms with van der Waals surface area (Å²) in [6.07, 6.45) is 0.248. The Morgan fingerprint density at radius 1 is 1.33 bits per heavy atom. The van der Waals surface area contributed by atoms with Gasteiger partial charge in [0.1, 0.15) is 0 Å². The molecule has 0 saturated carbocycles. The first-order chi connectivity index (χ1) is 5.66. The van der Waals surface area contributed by atoms with Gasteiger partial charge in [0.25, 0.3) is 0 Å². The topological polar surface area (TPSA) is 38.7 Å². The number of aliphatic hydroxyl groups is 1. The molecule has 1 N–H and O–H groups in total. The van der Waals surface area contributed by atoms with Crippen molar-refractivity contribution in [3.8, 4) is 0 Å². The van der Waals surface area contributed by atoms with Gasteiger partial charge in [0.05, 0.1) is 32.5 Å². The lowest BCUT2D eigenvalue weighted by atomic mass is 10.5. The third-order valence-corrected chi connectivity index (χ3v) is 1.51. The summed E-state index contributed by atoms with van der Waals surface area (Å²) in [7, 11) is 0. The molecular formula is C8H18O3S. The molecule has 0 fully saturated rings. The van der Waals surface area contributed by atoms with E-state index in [1.165, 1.54) is 0 Å². The van der Waals surface area contributed by atoms with Crippen molar-refractivity contribution >= 4 is 12.6 Å². The summed E-state index contributed by atoms with van der Waals surface area (Å²) in [6, 6.07) is 0. The molecule has 12 heavy (non-hydrogen) atoms. The predicted octanol–water partition coefficient (Wildman–Crippen LogP) is 0.719. The molecule has 0 aliphatic carbocycles. The molecule has 0 aliphatic rings. The first-order valence-electron chi connectivity index (χ1n) is 4.15. The highest BCUT2D eigenvalue weighted by atomic mass is 32.1. The van der Waals surface area contributed by atoms with Gasteiger partial charge in [-0.2, -0.15) is 12.6 Å². The number of hydrogen-bond acceptors (Lipinski definition) is 4. The van der Waals surface area contributed by atoms with Crippen LogP contribution in [-0.2, 0) is 9.47 Å². The zero-order valence-corrected chi connectivity index (χ0v) is 8.59. The predicted molar refractivity (Wildman–Crippen MR) is 51.8 cm³/mol. The van der Waals surface area contributed by atoms with E-state index in [-0.39, 0.29) is 18.0 Å². The van der Waals surface area contributed by atoms with Gasteiger partial charge in [-0.05, 0) is 13.8 Å². The minimum absolute atomic E-state index is 0.0498. The van der Waals surface area contributed by atoms with Crippen LogP contribution in [0.15, 0.2) is 0 Å². The Bertz CT molecular complexity index is 98.3. The van der Waals surface area contributed by atoms with E-state index in [1.54, 1.807) is 0 Å². The summed E-state index contributed by atoms with van der Waals surface area (Å²) in [5.74, 6) is 0. The molecule has 0 aromatic rings. The Hall–Kier alpha value is 0.230. The van der Waals surface area contributed by atoms with Crippen molar-refractivity contribution in [3.63, 3.8) is 0 Å². The normalized spacial score (nSPS) is 13.8. The van der Waals surface area contributed by atoms with Crippen molar-refractivity contribution in [2.24, 2.45) is 0 Å². The molecular weight excluding hydrogens is 176 g/mol. The SMILES string of the molecule is CC(C)OCCOCC(S)CO. The fourth-order valence-electron chi connectivity index (χ4n) is 0.615. The molecule has 3 nitrogen and oxygen atoms in total. The number of thiol groups is 1. The van der Waals surface area contributed by atoms with E-state index in [9.17, 15) is 0 Å². The summed E-state index contributed by atoms with van der Waals surface area (Å²) in [5.41, 5.74) is 0. The molecule has 1 atom stereocenters. The number of hydrogen-bond donors (Lipinski definition) is 2. The lowest BCUT2D eigenvalue weighted by Crippen LogP contribution is -2.17. The van der Waals surface area contributed by atoms with Gasteiger partial charge in [0.15, 0.2) is 0 Å². The van der Waals surface area contributed by atoms with Gasteiger partial charge >= 0.3 is 0 Å². The number of aliphatic hydroxyl groups excluding tert-OH is 1. The minimum Gasteiger partial charge on any atom is -0.395 e. The maximum atomic E-state index is 8.59. The fraction of sp³-hybridized carbons (Fsp3) is 1.00. The quantitative estimate of drug-likeness (QED) is 0.463. The Balaban J connectivity index is 3.00. The summed E-state index contributed by atoms with van der Waals surface area (Å²) < 4.78 is 10.4. The number of ether oxygens (including phenoxy) is 2. The van der Waals surface area contributed by atoms with Crippen molar-refractivity contribution in [2.45, 2.75) is 25.2 Å². The van der Waals surface area contributed by atoms with Gasteiger partial charge in [-0.1, -0.05) is 0 Å². The number of rotatable bonds is 7. The van der Waals surface area contributed by atoms with E-state index in [4.69, 9.17) is 14.6 Å². The molecule has 0 saturated heterocycles. The second-order valence-electron chi connectivity index (χ2n) is 2.83. The standard InChI is InChI=1S/C8H18O3S/c1-7(2)11-4-3-10-6-8(12)5-9/h7-9,12H,3-6H2,1-2H3. The monoisotopic (exact) mass is 194 g/mol. The third-order valence-electron chi connectivity index (χ3n) is 1.20. The molecule has 74 valence electrons.